The lowest BCUT2D eigenvalue weighted by Crippen LogP contribution is -2.03. The molecule has 0 spiro atoms. The molecular formula is C20H20FN3S. The van der Waals surface area contributed by atoms with Crippen molar-refractivity contribution >= 4 is 11.8 Å². The molecule has 0 N–H and O–H groups in total. The molecule has 1 fully saturated rings. The fourth-order valence-corrected chi connectivity index (χ4v) is 4.22. The first-order chi connectivity index (χ1) is 12.3. The summed E-state index contributed by atoms with van der Waals surface area (Å²) in [7, 11) is 0. The van der Waals surface area contributed by atoms with Crippen LogP contribution < -0.4 is 0 Å². The molecule has 0 saturated heterocycles. The molecule has 2 atom stereocenters. The normalized spacial score (nSPS) is 19.1. The number of nitrogens with zero attached hydrogens (tertiary/aromatic N) is 3. The third-order valence-electron chi connectivity index (χ3n) is 4.69. The Balaban J connectivity index is 1.47. The summed E-state index contributed by atoms with van der Waals surface area (Å²) in [6.45, 7) is 3.00. The summed E-state index contributed by atoms with van der Waals surface area (Å²) >= 11 is 1.66. The maximum atomic E-state index is 13.0. The summed E-state index contributed by atoms with van der Waals surface area (Å²) in [6.07, 6.45) is 1.14. The molecule has 3 nitrogen and oxygen atoms in total. The molecule has 0 radical (unpaired) electrons. The van der Waals surface area contributed by atoms with Crippen molar-refractivity contribution in [3.05, 3.63) is 77.4 Å². The van der Waals surface area contributed by atoms with Crippen LogP contribution in [0.15, 0.2) is 59.8 Å². The zero-order valence-electron chi connectivity index (χ0n) is 14.1. The van der Waals surface area contributed by atoms with Crippen LogP contribution in [-0.4, -0.2) is 14.8 Å². The summed E-state index contributed by atoms with van der Waals surface area (Å²) in [6, 6.07) is 17.3. The van der Waals surface area contributed by atoms with Gasteiger partial charge in [0.1, 0.15) is 11.6 Å². The summed E-state index contributed by atoms with van der Waals surface area (Å²) in [4.78, 5) is 0. The first-order valence-electron chi connectivity index (χ1n) is 8.61. The van der Waals surface area contributed by atoms with Crippen LogP contribution in [0.5, 0.6) is 0 Å². The lowest BCUT2D eigenvalue weighted by atomic mass is 10.1. The van der Waals surface area contributed by atoms with Crippen molar-refractivity contribution in [2.45, 2.75) is 42.6 Å². The van der Waals surface area contributed by atoms with Crippen LogP contribution >= 0.6 is 11.8 Å². The summed E-state index contributed by atoms with van der Waals surface area (Å²) in [5, 5.41) is 9.84. The Morgan fingerprint density at radius 3 is 2.52 bits per heavy atom. The fourth-order valence-electron chi connectivity index (χ4n) is 3.26. The molecule has 2 aromatic carbocycles. The van der Waals surface area contributed by atoms with Crippen LogP contribution in [0, 0.1) is 5.82 Å². The van der Waals surface area contributed by atoms with Gasteiger partial charge in [-0.1, -0.05) is 54.2 Å². The minimum absolute atomic E-state index is 0.201. The molecule has 25 heavy (non-hydrogen) atoms. The van der Waals surface area contributed by atoms with Crippen LogP contribution in [-0.2, 0) is 12.3 Å². The predicted octanol–water partition coefficient (Wildman–Crippen LogP) is 5.00. The zero-order chi connectivity index (χ0) is 17.2. The van der Waals surface area contributed by atoms with E-state index in [0.29, 0.717) is 11.8 Å². The van der Waals surface area contributed by atoms with Crippen molar-refractivity contribution in [2.75, 3.05) is 0 Å². The molecule has 5 heteroatoms. The largest absolute Gasteiger partial charge is 0.306 e. The van der Waals surface area contributed by atoms with Gasteiger partial charge in [-0.25, -0.2) is 4.39 Å². The molecule has 1 saturated carbocycles. The highest BCUT2D eigenvalue weighted by Crippen LogP contribution is 2.54. The Morgan fingerprint density at radius 2 is 1.80 bits per heavy atom. The average molecular weight is 353 g/mol. The van der Waals surface area contributed by atoms with Crippen LogP contribution in [0.4, 0.5) is 4.39 Å². The van der Waals surface area contributed by atoms with Gasteiger partial charge in [-0.15, -0.1) is 10.2 Å². The first kappa shape index (κ1) is 16.3. The molecule has 0 amide bonds. The van der Waals surface area contributed by atoms with Gasteiger partial charge in [0.2, 0.25) is 0 Å². The Hall–Kier alpha value is -2.14. The monoisotopic (exact) mass is 353 g/mol. The van der Waals surface area contributed by atoms with E-state index in [9.17, 15) is 4.39 Å². The van der Waals surface area contributed by atoms with Crippen LogP contribution in [0.25, 0.3) is 0 Å². The molecule has 128 valence electrons. The number of hydrogen-bond donors (Lipinski definition) is 0. The van der Waals surface area contributed by atoms with E-state index in [1.54, 1.807) is 11.8 Å². The van der Waals surface area contributed by atoms with E-state index in [2.05, 4.69) is 52.0 Å². The molecule has 3 aromatic rings. The predicted molar refractivity (Wildman–Crippen MR) is 98.2 cm³/mol. The van der Waals surface area contributed by atoms with Crippen molar-refractivity contribution < 1.29 is 4.39 Å². The molecule has 1 heterocycles. The molecule has 1 aliphatic carbocycles. The van der Waals surface area contributed by atoms with Gasteiger partial charge in [0, 0.05) is 18.2 Å². The summed E-state index contributed by atoms with van der Waals surface area (Å²) < 4.78 is 15.2. The Kier molecular flexibility index (Phi) is 4.57. The number of halogens is 1. The number of thioether (sulfide) groups is 1. The number of benzene rings is 2. The van der Waals surface area contributed by atoms with Gasteiger partial charge in [0.25, 0.3) is 0 Å². The van der Waals surface area contributed by atoms with Crippen molar-refractivity contribution in [3.8, 4) is 0 Å². The van der Waals surface area contributed by atoms with Gasteiger partial charge in [0.05, 0.1) is 0 Å². The average Bonchev–Trinajstić information content (AvgIpc) is 3.34. The molecule has 1 aromatic heterocycles. The Morgan fingerprint density at radius 1 is 1.04 bits per heavy atom. The van der Waals surface area contributed by atoms with Crippen LogP contribution in [0.3, 0.4) is 0 Å². The second kappa shape index (κ2) is 7.00. The second-order valence-corrected chi connectivity index (χ2v) is 7.30. The van der Waals surface area contributed by atoms with E-state index in [1.165, 1.54) is 17.7 Å². The van der Waals surface area contributed by atoms with E-state index in [0.717, 1.165) is 35.3 Å². The van der Waals surface area contributed by atoms with Crippen LogP contribution in [0.1, 0.15) is 42.1 Å². The highest BCUT2D eigenvalue weighted by atomic mass is 32.2. The van der Waals surface area contributed by atoms with Gasteiger partial charge in [-0.05, 0) is 42.5 Å². The molecule has 0 bridgehead atoms. The topological polar surface area (TPSA) is 30.7 Å². The number of rotatable bonds is 6. The molecular weight excluding hydrogens is 333 g/mol. The van der Waals surface area contributed by atoms with E-state index < -0.39 is 0 Å². The van der Waals surface area contributed by atoms with Crippen LogP contribution in [0.2, 0.25) is 0 Å². The standard InChI is InChI=1S/C20H20FN3S/c1-2-24-19(18-12-17(18)15-6-4-3-5-7-15)22-23-20(24)25-13-14-8-10-16(21)11-9-14/h3-11,17-18H,2,12-13H2,1H3. The molecule has 2 unspecified atom stereocenters. The molecule has 1 aliphatic rings. The lowest BCUT2D eigenvalue weighted by molar-refractivity contribution is 0.627. The minimum atomic E-state index is -0.201. The SMILES string of the molecule is CCn1c(SCc2ccc(F)cc2)nnc1C1CC1c1ccccc1. The van der Waals surface area contributed by atoms with Gasteiger partial charge < -0.3 is 4.57 Å². The van der Waals surface area contributed by atoms with Gasteiger partial charge in [-0.2, -0.15) is 0 Å². The lowest BCUT2D eigenvalue weighted by Gasteiger charge is -2.07. The Bertz CT molecular complexity index is 845. The van der Waals surface area contributed by atoms with Crippen molar-refractivity contribution in [3.63, 3.8) is 0 Å². The van der Waals surface area contributed by atoms with Crippen molar-refractivity contribution in [1.29, 1.82) is 0 Å². The summed E-state index contributed by atoms with van der Waals surface area (Å²) in [5.74, 6) is 2.69. The quantitative estimate of drug-likeness (QED) is 0.584. The van der Waals surface area contributed by atoms with Gasteiger partial charge >= 0.3 is 0 Å². The third-order valence-corrected chi connectivity index (χ3v) is 5.73. The van der Waals surface area contributed by atoms with Crippen molar-refractivity contribution in [2.24, 2.45) is 0 Å². The highest BCUT2D eigenvalue weighted by Gasteiger charge is 2.43. The molecule has 0 aliphatic heterocycles. The van der Waals surface area contributed by atoms with Gasteiger partial charge in [0.15, 0.2) is 5.16 Å². The van der Waals surface area contributed by atoms with Gasteiger partial charge in [-0.3, -0.25) is 0 Å². The van der Waals surface area contributed by atoms with E-state index in [1.807, 2.05) is 12.1 Å². The number of hydrogen-bond acceptors (Lipinski definition) is 3. The third kappa shape index (κ3) is 3.47. The smallest absolute Gasteiger partial charge is 0.191 e. The second-order valence-electron chi connectivity index (χ2n) is 6.36. The Labute approximate surface area is 151 Å². The highest BCUT2D eigenvalue weighted by molar-refractivity contribution is 7.98. The zero-order valence-corrected chi connectivity index (χ0v) is 14.9. The molecule has 4 rings (SSSR count). The van der Waals surface area contributed by atoms with E-state index in [-0.39, 0.29) is 5.82 Å². The first-order valence-corrected chi connectivity index (χ1v) is 9.60. The van der Waals surface area contributed by atoms with Crippen molar-refractivity contribution in [1.82, 2.24) is 14.8 Å². The fraction of sp³-hybridized carbons (Fsp3) is 0.300. The maximum absolute atomic E-state index is 13.0. The van der Waals surface area contributed by atoms with E-state index in [4.69, 9.17) is 0 Å². The number of aromatic nitrogens is 3. The van der Waals surface area contributed by atoms with E-state index >= 15 is 0 Å². The maximum Gasteiger partial charge on any atom is 0.191 e. The summed E-state index contributed by atoms with van der Waals surface area (Å²) in [5.41, 5.74) is 2.48. The minimum Gasteiger partial charge on any atom is -0.306 e.